The topological polar surface area (TPSA) is 95.9 Å². The minimum Gasteiger partial charge on any atom is -0.461 e. The van der Waals surface area contributed by atoms with Crippen molar-refractivity contribution in [1.82, 2.24) is 25.0 Å². The summed E-state index contributed by atoms with van der Waals surface area (Å²) < 4.78 is 19.3. The van der Waals surface area contributed by atoms with E-state index in [0.717, 1.165) is 10.7 Å². The van der Waals surface area contributed by atoms with Gasteiger partial charge in [0.15, 0.2) is 21.3 Å². The average molecular weight is 484 g/mol. The highest BCUT2D eigenvalue weighted by atomic mass is 79.9. The number of furan rings is 2. The average Bonchev–Trinajstić information content (AvgIpc) is 3.55. The van der Waals surface area contributed by atoms with Crippen LogP contribution in [0.4, 0.5) is 0 Å². The molecule has 5 aromatic rings. The first kappa shape index (κ1) is 18.9. The fourth-order valence-corrected chi connectivity index (χ4v) is 3.94. The Kier molecular flexibility index (Phi) is 5.24. The lowest BCUT2D eigenvalue weighted by atomic mass is 10.2. The van der Waals surface area contributed by atoms with E-state index in [1.165, 1.54) is 11.8 Å². The van der Waals surface area contributed by atoms with Gasteiger partial charge in [-0.2, -0.15) is 0 Å². The van der Waals surface area contributed by atoms with Crippen molar-refractivity contribution in [1.29, 1.82) is 0 Å². The van der Waals surface area contributed by atoms with Crippen LogP contribution in [-0.2, 0) is 12.3 Å². The highest BCUT2D eigenvalue weighted by Gasteiger charge is 2.18. The van der Waals surface area contributed by atoms with Crippen LogP contribution in [0.5, 0.6) is 0 Å². The van der Waals surface area contributed by atoms with Gasteiger partial charge in [0.25, 0.3) is 5.89 Å². The van der Waals surface area contributed by atoms with Crippen molar-refractivity contribution in [2.24, 2.45) is 0 Å². The molecule has 0 radical (unpaired) electrons. The van der Waals surface area contributed by atoms with Gasteiger partial charge in [-0.3, -0.25) is 4.57 Å². The molecule has 150 valence electrons. The molecule has 4 aromatic heterocycles. The van der Waals surface area contributed by atoms with E-state index in [4.69, 9.17) is 13.3 Å². The van der Waals surface area contributed by atoms with Crippen molar-refractivity contribution >= 4 is 27.7 Å². The molecule has 5 rings (SSSR count). The molecule has 8 nitrogen and oxygen atoms in total. The number of hydrogen-bond acceptors (Lipinski definition) is 8. The van der Waals surface area contributed by atoms with Crippen LogP contribution in [0.1, 0.15) is 11.5 Å². The van der Waals surface area contributed by atoms with Gasteiger partial charge >= 0.3 is 0 Å². The van der Waals surface area contributed by atoms with Crippen LogP contribution in [0.15, 0.2) is 83.9 Å². The standard InChI is InChI=1S/C20H14BrN5O3S/c21-16-9-8-15(28-16)19-24-22-17(29-19)12-30-20-25-23-18(14-7-4-10-27-14)26(20)11-13-5-2-1-3-6-13/h1-10H,11-12H2. The van der Waals surface area contributed by atoms with Gasteiger partial charge in [0, 0.05) is 0 Å². The summed E-state index contributed by atoms with van der Waals surface area (Å²) in [5, 5.41) is 17.6. The molecule has 30 heavy (non-hydrogen) atoms. The summed E-state index contributed by atoms with van der Waals surface area (Å²) in [4.78, 5) is 0. The van der Waals surface area contributed by atoms with Gasteiger partial charge in [0.2, 0.25) is 11.7 Å². The van der Waals surface area contributed by atoms with Crippen molar-refractivity contribution in [2.45, 2.75) is 17.5 Å². The van der Waals surface area contributed by atoms with E-state index in [0.29, 0.717) is 46.1 Å². The molecule has 0 aliphatic rings. The maximum absolute atomic E-state index is 5.71. The highest BCUT2D eigenvalue weighted by Crippen LogP contribution is 2.29. The fourth-order valence-electron chi connectivity index (χ4n) is 2.86. The quantitative estimate of drug-likeness (QED) is 0.288. The monoisotopic (exact) mass is 483 g/mol. The smallest absolute Gasteiger partial charge is 0.283 e. The second-order valence-electron chi connectivity index (χ2n) is 6.25. The minimum atomic E-state index is 0.332. The van der Waals surface area contributed by atoms with E-state index in [9.17, 15) is 0 Å². The van der Waals surface area contributed by atoms with E-state index in [-0.39, 0.29) is 0 Å². The number of benzene rings is 1. The number of thioether (sulfide) groups is 1. The number of aromatic nitrogens is 5. The van der Waals surface area contributed by atoms with Crippen LogP contribution in [0.25, 0.3) is 23.2 Å². The van der Waals surface area contributed by atoms with E-state index in [2.05, 4.69) is 48.5 Å². The van der Waals surface area contributed by atoms with E-state index >= 15 is 0 Å². The molecule has 0 aliphatic heterocycles. The molecule has 1 aromatic carbocycles. The molecule has 0 spiro atoms. The number of halogens is 1. The molecular weight excluding hydrogens is 470 g/mol. The SMILES string of the molecule is Brc1ccc(-c2nnc(CSc3nnc(-c4ccco4)n3Cc3ccccc3)o2)o1. The Morgan fingerprint density at radius 2 is 1.77 bits per heavy atom. The first-order valence-electron chi connectivity index (χ1n) is 8.98. The third kappa shape index (κ3) is 3.96. The Labute approximate surface area is 183 Å². The Hall–Kier alpha value is -3.11. The number of nitrogens with zero attached hydrogens (tertiary/aromatic N) is 5. The van der Waals surface area contributed by atoms with Gasteiger partial charge in [0.05, 0.1) is 18.6 Å². The molecule has 0 saturated carbocycles. The van der Waals surface area contributed by atoms with Crippen LogP contribution in [0, 0.1) is 0 Å². The fraction of sp³-hybridized carbons (Fsp3) is 0.100. The van der Waals surface area contributed by atoms with Crippen LogP contribution in [-0.4, -0.2) is 25.0 Å². The molecule has 0 amide bonds. The van der Waals surface area contributed by atoms with E-state index < -0.39 is 0 Å². The maximum atomic E-state index is 5.71. The summed E-state index contributed by atoms with van der Waals surface area (Å²) in [5.74, 6) is 3.08. The largest absolute Gasteiger partial charge is 0.461 e. The summed E-state index contributed by atoms with van der Waals surface area (Å²) in [5.41, 5.74) is 1.13. The van der Waals surface area contributed by atoms with Gasteiger partial charge in [-0.05, 0) is 45.8 Å². The van der Waals surface area contributed by atoms with Crippen LogP contribution < -0.4 is 0 Å². The summed E-state index contributed by atoms with van der Waals surface area (Å²) in [6.45, 7) is 0.613. The Bertz CT molecular complexity index is 1250. The normalized spacial score (nSPS) is 11.2. The molecule has 0 N–H and O–H groups in total. The number of hydrogen-bond donors (Lipinski definition) is 0. The summed E-state index contributed by atoms with van der Waals surface area (Å²) >= 11 is 4.73. The molecule has 4 heterocycles. The summed E-state index contributed by atoms with van der Waals surface area (Å²) in [7, 11) is 0. The van der Waals surface area contributed by atoms with Gasteiger partial charge in [0.1, 0.15) is 0 Å². The van der Waals surface area contributed by atoms with Gasteiger partial charge in [-0.15, -0.1) is 20.4 Å². The maximum Gasteiger partial charge on any atom is 0.283 e. The van der Waals surface area contributed by atoms with Crippen molar-refractivity contribution in [2.75, 3.05) is 0 Å². The molecule has 0 aliphatic carbocycles. The first-order chi connectivity index (χ1) is 14.8. The lowest BCUT2D eigenvalue weighted by Crippen LogP contribution is -2.04. The third-order valence-electron chi connectivity index (χ3n) is 4.22. The van der Waals surface area contributed by atoms with Crippen molar-refractivity contribution in [3.63, 3.8) is 0 Å². The summed E-state index contributed by atoms with van der Waals surface area (Å²) in [6.07, 6.45) is 1.62. The van der Waals surface area contributed by atoms with Crippen LogP contribution in [0.3, 0.4) is 0 Å². The predicted octanol–water partition coefficient (Wildman–Crippen LogP) is 5.28. The second-order valence-corrected chi connectivity index (χ2v) is 7.97. The van der Waals surface area contributed by atoms with Crippen molar-refractivity contribution in [3.05, 3.63) is 77.0 Å². The van der Waals surface area contributed by atoms with Crippen molar-refractivity contribution < 1.29 is 13.3 Å². The zero-order valence-corrected chi connectivity index (χ0v) is 17.8. The molecular formula is C20H14BrN5O3S. The zero-order chi connectivity index (χ0) is 20.3. The highest BCUT2D eigenvalue weighted by molar-refractivity contribution is 9.10. The van der Waals surface area contributed by atoms with Gasteiger partial charge < -0.3 is 13.3 Å². The van der Waals surface area contributed by atoms with Crippen LogP contribution >= 0.6 is 27.7 Å². The molecule has 0 atom stereocenters. The second kappa shape index (κ2) is 8.33. The number of rotatable bonds is 7. The predicted molar refractivity (Wildman–Crippen MR) is 113 cm³/mol. The molecule has 10 heteroatoms. The Morgan fingerprint density at radius 1 is 0.867 bits per heavy atom. The zero-order valence-electron chi connectivity index (χ0n) is 15.4. The Balaban J connectivity index is 1.38. The minimum absolute atomic E-state index is 0.332. The van der Waals surface area contributed by atoms with Crippen molar-refractivity contribution in [3.8, 4) is 23.2 Å². The van der Waals surface area contributed by atoms with Gasteiger partial charge in [-0.1, -0.05) is 42.1 Å². The third-order valence-corrected chi connectivity index (χ3v) is 5.60. The molecule has 0 unspecified atom stereocenters. The molecule has 0 saturated heterocycles. The lowest BCUT2D eigenvalue weighted by molar-refractivity contribution is 0.486. The molecule has 0 fully saturated rings. The Morgan fingerprint density at radius 3 is 2.53 bits per heavy atom. The van der Waals surface area contributed by atoms with Crippen LogP contribution in [0.2, 0.25) is 0 Å². The lowest BCUT2D eigenvalue weighted by Gasteiger charge is -2.08. The van der Waals surface area contributed by atoms with Gasteiger partial charge in [-0.25, -0.2) is 0 Å². The molecule has 0 bridgehead atoms. The van der Waals surface area contributed by atoms with E-state index in [1.807, 2.05) is 34.9 Å². The first-order valence-corrected chi connectivity index (χ1v) is 10.8. The van der Waals surface area contributed by atoms with E-state index in [1.54, 1.807) is 18.4 Å². The summed E-state index contributed by atoms with van der Waals surface area (Å²) in [6, 6.07) is 17.4.